The summed E-state index contributed by atoms with van der Waals surface area (Å²) in [5.74, 6) is 0. The highest BCUT2D eigenvalue weighted by Gasteiger charge is 2.29. The lowest BCUT2D eigenvalue weighted by atomic mass is 9.92. The highest BCUT2D eigenvalue weighted by Crippen LogP contribution is 2.29. The van der Waals surface area contributed by atoms with E-state index < -0.39 is 18.2 Å². The van der Waals surface area contributed by atoms with Crippen molar-refractivity contribution >= 4 is 0 Å². The summed E-state index contributed by atoms with van der Waals surface area (Å²) in [6, 6.07) is 3.30. The van der Waals surface area contributed by atoms with E-state index in [1.165, 1.54) is 13.1 Å². The maximum atomic E-state index is 11.9. The fourth-order valence-corrected chi connectivity index (χ4v) is 1.46. The Morgan fingerprint density at radius 1 is 1.31 bits per heavy atom. The van der Waals surface area contributed by atoms with Gasteiger partial charge in [0.25, 0.3) is 0 Å². The molecule has 16 heavy (non-hydrogen) atoms. The second-order valence-electron chi connectivity index (χ2n) is 3.98. The summed E-state index contributed by atoms with van der Waals surface area (Å²) in [5, 5.41) is 9.98. The van der Waals surface area contributed by atoms with Crippen LogP contribution in [0.25, 0.3) is 0 Å². The number of pyridine rings is 1. The van der Waals surface area contributed by atoms with Crippen molar-refractivity contribution in [1.82, 2.24) is 4.98 Å². The van der Waals surface area contributed by atoms with E-state index in [0.29, 0.717) is 5.56 Å². The van der Waals surface area contributed by atoms with Gasteiger partial charge in [-0.2, -0.15) is 13.2 Å². The second kappa shape index (κ2) is 4.82. The van der Waals surface area contributed by atoms with Crippen LogP contribution >= 0.6 is 0 Å². The molecule has 0 aliphatic carbocycles. The summed E-state index contributed by atoms with van der Waals surface area (Å²) in [5.41, 5.74) is -0.711. The van der Waals surface area contributed by atoms with Crippen molar-refractivity contribution in [2.75, 3.05) is 0 Å². The van der Waals surface area contributed by atoms with Crippen LogP contribution in [-0.2, 0) is 5.60 Å². The van der Waals surface area contributed by atoms with Crippen LogP contribution in [0.3, 0.4) is 0 Å². The van der Waals surface area contributed by atoms with Crippen LogP contribution in [0.1, 0.15) is 31.7 Å². The van der Waals surface area contributed by atoms with Crippen molar-refractivity contribution in [3.05, 3.63) is 30.1 Å². The van der Waals surface area contributed by atoms with Gasteiger partial charge in [-0.05, 0) is 25.8 Å². The summed E-state index contributed by atoms with van der Waals surface area (Å²) in [4.78, 5) is 3.83. The first-order valence-corrected chi connectivity index (χ1v) is 5.01. The first kappa shape index (κ1) is 13.0. The minimum atomic E-state index is -4.16. The molecule has 1 rings (SSSR count). The van der Waals surface area contributed by atoms with E-state index >= 15 is 0 Å². The van der Waals surface area contributed by atoms with Gasteiger partial charge in [0.1, 0.15) is 0 Å². The van der Waals surface area contributed by atoms with Crippen molar-refractivity contribution in [2.45, 2.75) is 38.0 Å². The van der Waals surface area contributed by atoms with Gasteiger partial charge < -0.3 is 5.11 Å². The molecule has 1 heterocycles. The molecule has 5 heteroatoms. The second-order valence-corrected chi connectivity index (χ2v) is 3.98. The van der Waals surface area contributed by atoms with Gasteiger partial charge in [0.05, 0.1) is 5.60 Å². The molecule has 1 aromatic heterocycles. The molecule has 0 amide bonds. The number of rotatable bonds is 4. The third-order valence-electron chi connectivity index (χ3n) is 2.41. The van der Waals surface area contributed by atoms with Crippen LogP contribution < -0.4 is 0 Å². The van der Waals surface area contributed by atoms with E-state index in [4.69, 9.17) is 0 Å². The number of hydrogen-bond acceptors (Lipinski definition) is 2. The minimum absolute atomic E-state index is 0.0677. The Morgan fingerprint density at radius 3 is 2.50 bits per heavy atom. The van der Waals surface area contributed by atoms with Gasteiger partial charge in [-0.1, -0.05) is 6.07 Å². The van der Waals surface area contributed by atoms with Crippen molar-refractivity contribution < 1.29 is 18.3 Å². The average molecular weight is 233 g/mol. The van der Waals surface area contributed by atoms with Gasteiger partial charge in [0.15, 0.2) is 0 Å². The molecule has 1 aromatic rings. The Bertz CT molecular complexity index is 322. The predicted octanol–water partition coefficient (Wildman–Crippen LogP) is 3.02. The first-order valence-electron chi connectivity index (χ1n) is 5.01. The van der Waals surface area contributed by atoms with Gasteiger partial charge in [0, 0.05) is 24.4 Å². The van der Waals surface area contributed by atoms with Gasteiger partial charge in [-0.25, -0.2) is 0 Å². The van der Waals surface area contributed by atoms with E-state index in [2.05, 4.69) is 4.98 Å². The van der Waals surface area contributed by atoms with Crippen molar-refractivity contribution in [2.24, 2.45) is 0 Å². The first-order chi connectivity index (χ1) is 7.31. The zero-order chi connectivity index (χ0) is 12.2. The van der Waals surface area contributed by atoms with Crippen LogP contribution in [0.5, 0.6) is 0 Å². The zero-order valence-corrected chi connectivity index (χ0v) is 8.96. The average Bonchev–Trinajstić information content (AvgIpc) is 2.17. The van der Waals surface area contributed by atoms with E-state index in [-0.39, 0.29) is 12.8 Å². The van der Waals surface area contributed by atoms with E-state index in [1.807, 2.05) is 0 Å². The van der Waals surface area contributed by atoms with Crippen molar-refractivity contribution in [3.63, 3.8) is 0 Å². The highest BCUT2D eigenvalue weighted by atomic mass is 19.4. The number of hydrogen-bond donors (Lipinski definition) is 1. The van der Waals surface area contributed by atoms with Crippen LogP contribution in [0.15, 0.2) is 24.5 Å². The quantitative estimate of drug-likeness (QED) is 0.867. The Balaban J connectivity index is 2.53. The van der Waals surface area contributed by atoms with Gasteiger partial charge in [-0.15, -0.1) is 0 Å². The van der Waals surface area contributed by atoms with Crippen LogP contribution in [0, 0.1) is 0 Å². The summed E-state index contributed by atoms with van der Waals surface area (Å²) in [6.07, 6.45) is -2.04. The monoisotopic (exact) mass is 233 g/mol. The van der Waals surface area contributed by atoms with E-state index in [0.717, 1.165) is 0 Å². The maximum Gasteiger partial charge on any atom is 0.389 e. The molecule has 0 aliphatic heterocycles. The summed E-state index contributed by atoms with van der Waals surface area (Å²) in [6.45, 7) is 1.50. The number of aliphatic hydroxyl groups is 1. The summed E-state index contributed by atoms with van der Waals surface area (Å²) >= 11 is 0. The van der Waals surface area contributed by atoms with E-state index in [1.54, 1.807) is 18.3 Å². The molecule has 0 bridgehead atoms. The zero-order valence-electron chi connectivity index (χ0n) is 8.96. The molecule has 0 aromatic carbocycles. The van der Waals surface area contributed by atoms with Gasteiger partial charge in [-0.3, -0.25) is 4.98 Å². The SMILES string of the molecule is CC(O)(CCCC(F)(F)F)c1cccnc1. The molecule has 0 radical (unpaired) electrons. The fraction of sp³-hybridized carbons (Fsp3) is 0.545. The molecule has 0 spiro atoms. The molecule has 1 N–H and O–H groups in total. The lowest BCUT2D eigenvalue weighted by molar-refractivity contribution is -0.137. The van der Waals surface area contributed by atoms with Crippen LogP contribution in [0.4, 0.5) is 13.2 Å². The fourth-order valence-electron chi connectivity index (χ4n) is 1.46. The molecular weight excluding hydrogens is 219 g/mol. The van der Waals surface area contributed by atoms with E-state index in [9.17, 15) is 18.3 Å². The summed E-state index contributed by atoms with van der Waals surface area (Å²) in [7, 11) is 0. The van der Waals surface area contributed by atoms with Crippen LogP contribution in [-0.4, -0.2) is 16.3 Å². The topological polar surface area (TPSA) is 33.1 Å². The van der Waals surface area contributed by atoms with Crippen molar-refractivity contribution in [1.29, 1.82) is 0 Å². The molecule has 90 valence electrons. The Kier molecular flexibility index (Phi) is 3.91. The largest absolute Gasteiger partial charge is 0.389 e. The number of nitrogens with zero attached hydrogens (tertiary/aromatic N) is 1. The molecule has 0 fully saturated rings. The molecule has 0 saturated heterocycles. The highest BCUT2D eigenvalue weighted by molar-refractivity contribution is 5.16. The van der Waals surface area contributed by atoms with Crippen molar-refractivity contribution in [3.8, 4) is 0 Å². The third-order valence-corrected chi connectivity index (χ3v) is 2.41. The maximum absolute atomic E-state index is 11.9. The molecule has 0 aliphatic rings. The normalized spacial score (nSPS) is 15.8. The molecule has 1 unspecified atom stereocenters. The lowest BCUT2D eigenvalue weighted by Gasteiger charge is -2.23. The number of alkyl halides is 3. The van der Waals surface area contributed by atoms with Gasteiger partial charge >= 0.3 is 6.18 Å². The Labute approximate surface area is 92.1 Å². The molecule has 0 saturated carbocycles. The predicted molar refractivity (Wildman–Crippen MR) is 53.7 cm³/mol. The molecule has 1 atom stereocenters. The standard InChI is InChI=1S/C11H14F3NO/c1-10(16,5-3-6-11(12,13)14)9-4-2-7-15-8-9/h2,4,7-8,16H,3,5-6H2,1H3. The molecule has 2 nitrogen and oxygen atoms in total. The van der Waals surface area contributed by atoms with Gasteiger partial charge in [0.2, 0.25) is 0 Å². The number of aromatic nitrogens is 1. The Morgan fingerprint density at radius 2 is 2.00 bits per heavy atom. The smallest absolute Gasteiger partial charge is 0.385 e. The number of halogens is 3. The lowest BCUT2D eigenvalue weighted by Crippen LogP contribution is -2.22. The summed E-state index contributed by atoms with van der Waals surface area (Å²) < 4.78 is 35.8. The van der Waals surface area contributed by atoms with Crippen LogP contribution in [0.2, 0.25) is 0 Å². The molecular formula is C11H14F3NO. The minimum Gasteiger partial charge on any atom is -0.385 e. The third kappa shape index (κ3) is 4.18. The Hall–Kier alpha value is -1.10.